The Kier molecular flexibility index (Phi) is 7.77. The van der Waals surface area contributed by atoms with E-state index in [1.807, 2.05) is 20.8 Å². The predicted octanol–water partition coefficient (Wildman–Crippen LogP) is 1.73. The van der Waals surface area contributed by atoms with Gasteiger partial charge in [-0.2, -0.15) is 17.4 Å². The number of alkyl halides is 1. The SMILES string of the molecule is CCC(CCBr)NS(=O)(=O)N(CC)CC. The molecule has 0 aliphatic carbocycles. The van der Waals surface area contributed by atoms with Crippen LogP contribution in [0.2, 0.25) is 0 Å². The van der Waals surface area contributed by atoms with Gasteiger partial charge in [0, 0.05) is 24.5 Å². The lowest BCUT2D eigenvalue weighted by Gasteiger charge is -2.23. The van der Waals surface area contributed by atoms with Gasteiger partial charge >= 0.3 is 0 Å². The maximum absolute atomic E-state index is 11.8. The van der Waals surface area contributed by atoms with Crippen LogP contribution in [0.5, 0.6) is 0 Å². The first-order valence-corrected chi connectivity index (χ1v) is 7.91. The molecular weight excluding hydrogens is 280 g/mol. The molecule has 0 amide bonds. The molecule has 0 bridgehead atoms. The number of hydrogen-bond acceptors (Lipinski definition) is 2. The molecule has 0 aromatic heterocycles. The third-order valence-electron chi connectivity index (χ3n) is 2.31. The van der Waals surface area contributed by atoms with Gasteiger partial charge in [-0.25, -0.2) is 0 Å². The van der Waals surface area contributed by atoms with Crippen LogP contribution in [0.3, 0.4) is 0 Å². The summed E-state index contributed by atoms with van der Waals surface area (Å²) in [5.41, 5.74) is 0. The summed E-state index contributed by atoms with van der Waals surface area (Å²) < 4.78 is 27.8. The fourth-order valence-corrected chi connectivity index (χ4v) is 3.41. The van der Waals surface area contributed by atoms with E-state index in [-0.39, 0.29) is 6.04 Å². The van der Waals surface area contributed by atoms with Crippen LogP contribution < -0.4 is 4.72 Å². The monoisotopic (exact) mass is 300 g/mol. The van der Waals surface area contributed by atoms with Crippen LogP contribution in [-0.2, 0) is 10.2 Å². The van der Waals surface area contributed by atoms with E-state index in [1.54, 1.807) is 0 Å². The summed E-state index contributed by atoms with van der Waals surface area (Å²) in [6.07, 6.45) is 1.63. The molecule has 92 valence electrons. The molecule has 0 spiro atoms. The summed E-state index contributed by atoms with van der Waals surface area (Å²) in [5.74, 6) is 0. The molecule has 0 aromatic carbocycles. The van der Waals surface area contributed by atoms with Crippen LogP contribution in [0, 0.1) is 0 Å². The zero-order chi connectivity index (χ0) is 11.9. The van der Waals surface area contributed by atoms with Crippen molar-refractivity contribution in [2.75, 3.05) is 18.4 Å². The molecule has 0 aliphatic heterocycles. The van der Waals surface area contributed by atoms with Crippen LogP contribution in [-0.4, -0.2) is 37.2 Å². The number of nitrogens with zero attached hydrogens (tertiary/aromatic N) is 1. The highest BCUT2D eigenvalue weighted by Crippen LogP contribution is 2.05. The molecule has 0 fully saturated rings. The summed E-state index contributed by atoms with van der Waals surface area (Å²) in [6, 6.07) is 0.0231. The lowest BCUT2D eigenvalue weighted by Crippen LogP contribution is -2.45. The summed E-state index contributed by atoms with van der Waals surface area (Å²) in [6.45, 7) is 6.69. The van der Waals surface area contributed by atoms with Crippen molar-refractivity contribution < 1.29 is 8.42 Å². The third kappa shape index (κ3) is 5.29. The molecule has 15 heavy (non-hydrogen) atoms. The van der Waals surface area contributed by atoms with Gasteiger partial charge in [0.15, 0.2) is 0 Å². The number of nitrogens with one attached hydrogen (secondary N) is 1. The molecule has 0 heterocycles. The minimum absolute atomic E-state index is 0.0231. The van der Waals surface area contributed by atoms with Crippen molar-refractivity contribution in [3.05, 3.63) is 0 Å². The van der Waals surface area contributed by atoms with E-state index in [0.717, 1.165) is 18.2 Å². The van der Waals surface area contributed by atoms with E-state index in [1.165, 1.54) is 4.31 Å². The smallest absolute Gasteiger partial charge is 0.199 e. The molecule has 0 aliphatic rings. The van der Waals surface area contributed by atoms with E-state index in [4.69, 9.17) is 0 Å². The van der Waals surface area contributed by atoms with Crippen molar-refractivity contribution in [3.8, 4) is 0 Å². The van der Waals surface area contributed by atoms with Crippen LogP contribution in [0.1, 0.15) is 33.6 Å². The minimum Gasteiger partial charge on any atom is -0.199 e. The van der Waals surface area contributed by atoms with Gasteiger partial charge < -0.3 is 0 Å². The Balaban J connectivity index is 4.46. The van der Waals surface area contributed by atoms with Gasteiger partial charge in [0.05, 0.1) is 0 Å². The molecule has 0 aromatic rings. The first-order chi connectivity index (χ1) is 7.01. The Morgan fingerprint density at radius 3 is 2.13 bits per heavy atom. The first kappa shape index (κ1) is 15.3. The maximum atomic E-state index is 11.8. The second-order valence-corrected chi connectivity index (χ2v) is 5.79. The van der Waals surface area contributed by atoms with Gasteiger partial charge in [-0.1, -0.05) is 36.7 Å². The van der Waals surface area contributed by atoms with Crippen molar-refractivity contribution >= 4 is 26.1 Å². The van der Waals surface area contributed by atoms with Gasteiger partial charge in [-0.05, 0) is 12.8 Å². The van der Waals surface area contributed by atoms with Gasteiger partial charge in [0.25, 0.3) is 10.2 Å². The summed E-state index contributed by atoms with van der Waals surface area (Å²) in [7, 11) is -3.29. The van der Waals surface area contributed by atoms with Crippen LogP contribution >= 0.6 is 15.9 Å². The lowest BCUT2D eigenvalue weighted by molar-refractivity contribution is 0.421. The van der Waals surface area contributed by atoms with Crippen LogP contribution in [0.4, 0.5) is 0 Å². The Hall–Kier alpha value is 0.350. The lowest BCUT2D eigenvalue weighted by atomic mass is 10.2. The molecule has 1 N–H and O–H groups in total. The van der Waals surface area contributed by atoms with Crippen LogP contribution in [0.25, 0.3) is 0 Å². The highest BCUT2D eigenvalue weighted by molar-refractivity contribution is 9.09. The van der Waals surface area contributed by atoms with Gasteiger partial charge in [0.1, 0.15) is 0 Å². The fourth-order valence-electron chi connectivity index (χ4n) is 1.33. The highest BCUT2D eigenvalue weighted by Gasteiger charge is 2.21. The zero-order valence-corrected chi connectivity index (χ0v) is 12.1. The summed E-state index contributed by atoms with van der Waals surface area (Å²) in [5, 5.41) is 0.812. The number of halogens is 1. The molecule has 4 nitrogen and oxygen atoms in total. The molecule has 6 heteroatoms. The largest absolute Gasteiger partial charge is 0.279 e. The molecule has 0 rings (SSSR count). The Labute approximate surface area is 102 Å². The molecule has 0 radical (unpaired) electrons. The Morgan fingerprint density at radius 1 is 1.27 bits per heavy atom. The van der Waals surface area contributed by atoms with E-state index >= 15 is 0 Å². The van der Waals surface area contributed by atoms with Crippen molar-refractivity contribution in [2.45, 2.75) is 39.7 Å². The van der Waals surface area contributed by atoms with E-state index < -0.39 is 10.2 Å². The molecular formula is C9H21BrN2O2S. The molecule has 0 saturated heterocycles. The summed E-state index contributed by atoms with van der Waals surface area (Å²) in [4.78, 5) is 0. The third-order valence-corrected chi connectivity index (χ3v) is 4.60. The molecule has 1 atom stereocenters. The van der Waals surface area contributed by atoms with Gasteiger partial charge in [-0.3, -0.25) is 0 Å². The standard InChI is InChI=1S/C9H21BrN2O2S/c1-4-9(7-8-10)11-15(13,14)12(5-2)6-3/h9,11H,4-8H2,1-3H3. The number of hydrogen-bond donors (Lipinski definition) is 1. The van der Waals surface area contributed by atoms with Crippen molar-refractivity contribution in [3.63, 3.8) is 0 Å². The highest BCUT2D eigenvalue weighted by atomic mass is 79.9. The molecule has 1 unspecified atom stereocenters. The van der Waals surface area contributed by atoms with E-state index in [9.17, 15) is 8.42 Å². The quantitative estimate of drug-likeness (QED) is 0.694. The summed E-state index contributed by atoms with van der Waals surface area (Å²) >= 11 is 3.32. The fraction of sp³-hybridized carbons (Fsp3) is 1.00. The Morgan fingerprint density at radius 2 is 1.80 bits per heavy atom. The second-order valence-electron chi connectivity index (χ2n) is 3.29. The van der Waals surface area contributed by atoms with E-state index in [2.05, 4.69) is 20.7 Å². The van der Waals surface area contributed by atoms with Crippen LogP contribution in [0.15, 0.2) is 0 Å². The topological polar surface area (TPSA) is 49.4 Å². The van der Waals surface area contributed by atoms with Gasteiger partial charge in [0.2, 0.25) is 0 Å². The zero-order valence-electron chi connectivity index (χ0n) is 9.66. The normalized spacial score (nSPS) is 14.5. The predicted molar refractivity (Wildman–Crippen MR) is 67.5 cm³/mol. The maximum Gasteiger partial charge on any atom is 0.279 e. The van der Waals surface area contributed by atoms with Crippen molar-refractivity contribution in [1.82, 2.24) is 9.03 Å². The minimum atomic E-state index is -3.29. The average molecular weight is 301 g/mol. The average Bonchev–Trinajstić information content (AvgIpc) is 2.18. The first-order valence-electron chi connectivity index (χ1n) is 5.35. The molecule has 0 saturated carbocycles. The number of rotatable bonds is 8. The Bertz CT molecular complexity index is 253. The van der Waals surface area contributed by atoms with Crippen molar-refractivity contribution in [1.29, 1.82) is 0 Å². The van der Waals surface area contributed by atoms with E-state index in [0.29, 0.717) is 13.1 Å². The van der Waals surface area contributed by atoms with Crippen molar-refractivity contribution in [2.24, 2.45) is 0 Å². The van der Waals surface area contributed by atoms with Gasteiger partial charge in [-0.15, -0.1) is 0 Å². The second kappa shape index (κ2) is 7.60.